The minimum Gasteiger partial charge on any atom is -0.495 e. The summed E-state index contributed by atoms with van der Waals surface area (Å²) in [5.41, 5.74) is 0.394. The Bertz CT molecular complexity index is 866. The van der Waals surface area contributed by atoms with E-state index in [0.29, 0.717) is 35.5 Å². The molecular weight excluding hydrogens is 318 g/mol. The fraction of sp³-hybridized carbons (Fsp3) is 0.211. The van der Waals surface area contributed by atoms with Gasteiger partial charge in [0.05, 0.1) is 24.4 Å². The molecule has 1 fully saturated rings. The Morgan fingerprint density at radius 2 is 1.80 bits per heavy atom. The summed E-state index contributed by atoms with van der Waals surface area (Å²) in [4.78, 5) is 25.2. The van der Waals surface area contributed by atoms with Gasteiger partial charge in [0, 0.05) is 5.69 Å². The lowest BCUT2D eigenvalue weighted by Gasteiger charge is -2.17. The molecule has 0 spiro atoms. The number of hydrogen-bond acceptors (Lipinski definition) is 4. The van der Waals surface area contributed by atoms with Gasteiger partial charge in [-0.15, -0.1) is 0 Å². The molecule has 25 heavy (non-hydrogen) atoms. The van der Waals surface area contributed by atoms with Gasteiger partial charge in [0.1, 0.15) is 11.2 Å². The van der Waals surface area contributed by atoms with Gasteiger partial charge in [-0.25, -0.2) is 0 Å². The Morgan fingerprint density at radius 1 is 1.08 bits per heavy atom. The summed E-state index contributed by atoms with van der Waals surface area (Å²) in [5.74, 6) is -0.185. The van der Waals surface area contributed by atoms with Crippen LogP contribution in [-0.2, 0) is 9.59 Å². The molecule has 0 radical (unpaired) electrons. The molecule has 1 aliphatic carbocycles. The Labute approximate surface area is 145 Å². The molecule has 126 valence electrons. The van der Waals surface area contributed by atoms with Crippen LogP contribution in [0.1, 0.15) is 18.4 Å². The number of anilines is 2. The molecule has 3 rings (SSSR count). The zero-order chi connectivity index (χ0) is 17.9. The molecule has 2 amide bonds. The van der Waals surface area contributed by atoms with Gasteiger partial charge in [-0.3, -0.25) is 9.59 Å². The summed E-state index contributed by atoms with van der Waals surface area (Å²) >= 11 is 0. The van der Waals surface area contributed by atoms with Crippen molar-refractivity contribution in [3.8, 4) is 11.8 Å². The van der Waals surface area contributed by atoms with Crippen molar-refractivity contribution in [1.29, 1.82) is 5.26 Å². The molecule has 0 atom stereocenters. The quantitative estimate of drug-likeness (QED) is 0.822. The number of methoxy groups -OCH3 is 1. The fourth-order valence-corrected chi connectivity index (χ4v) is 2.59. The third kappa shape index (κ3) is 3.31. The van der Waals surface area contributed by atoms with Crippen LogP contribution in [0.15, 0.2) is 48.5 Å². The Hall–Kier alpha value is -3.33. The monoisotopic (exact) mass is 335 g/mol. The van der Waals surface area contributed by atoms with Crippen molar-refractivity contribution in [1.82, 2.24) is 0 Å². The van der Waals surface area contributed by atoms with Crippen molar-refractivity contribution in [3.05, 3.63) is 54.1 Å². The average molecular weight is 335 g/mol. The molecule has 0 bridgehead atoms. The number of nitriles is 1. The van der Waals surface area contributed by atoms with Crippen LogP contribution < -0.4 is 15.4 Å². The predicted molar refractivity (Wildman–Crippen MR) is 93.1 cm³/mol. The van der Waals surface area contributed by atoms with E-state index in [4.69, 9.17) is 10.00 Å². The second kappa shape index (κ2) is 6.65. The number of nitrogens with zero attached hydrogens (tertiary/aromatic N) is 1. The van der Waals surface area contributed by atoms with Crippen molar-refractivity contribution >= 4 is 23.2 Å². The smallest absolute Gasteiger partial charge is 0.240 e. The Morgan fingerprint density at radius 3 is 2.48 bits per heavy atom. The van der Waals surface area contributed by atoms with E-state index in [-0.39, 0.29) is 11.8 Å². The fourth-order valence-electron chi connectivity index (χ4n) is 2.59. The SMILES string of the molecule is COc1ccccc1NC(=O)C1(C(=O)Nc2cccc(C#N)c2)CC1. The standard InChI is InChI=1S/C19H17N3O3/c1-25-16-8-3-2-7-15(16)22-18(24)19(9-10-19)17(23)21-14-6-4-5-13(11-14)12-20/h2-8,11H,9-10H2,1H3,(H,21,23)(H,22,24). The molecule has 2 aromatic carbocycles. The highest BCUT2D eigenvalue weighted by Crippen LogP contribution is 2.48. The third-order valence-corrected chi connectivity index (χ3v) is 4.22. The van der Waals surface area contributed by atoms with E-state index in [1.54, 1.807) is 48.5 Å². The zero-order valence-electron chi connectivity index (χ0n) is 13.7. The van der Waals surface area contributed by atoms with Crippen LogP contribution in [0.25, 0.3) is 0 Å². The molecule has 6 heteroatoms. The highest BCUT2D eigenvalue weighted by molar-refractivity contribution is 6.17. The van der Waals surface area contributed by atoms with E-state index >= 15 is 0 Å². The lowest BCUT2D eigenvalue weighted by molar-refractivity contribution is -0.131. The van der Waals surface area contributed by atoms with Crippen molar-refractivity contribution in [2.75, 3.05) is 17.7 Å². The number of amides is 2. The van der Waals surface area contributed by atoms with Gasteiger partial charge >= 0.3 is 0 Å². The largest absolute Gasteiger partial charge is 0.495 e. The molecular formula is C19H17N3O3. The maximum absolute atomic E-state index is 12.6. The first-order chi connectivity index (χ1) is 12.1. The number of carbonyl (C=O) groups excluding carboxylic acids is 2. The third-order valence-electron chi connectivity index (χ3n) is 4.22. The lowest BCUT2D eigenvalue weighted by Crippen LogP contribution is -2.35. The van der Waals surface area contributed by atoms with Crippen LogP contribution in [0.3, 0.4) is 0 Å². The molecule has 0 saturated heterocycles. The van der Waals surface area contributed by atoms with Crippen molar-refractivity contribution < 1.29 is 14.3 Å². The summed E-state index contributed by atoms with van der Waals surface area (Å²) in [6.45, 7) is 0. The summed E-state index contributed by atoms with van der Waals surface area (Å²) in [5, 5.41) is 14.4. The van der Waals surface area contributed by atoms with E-state index in [9.17, 15) is 9.59 Å². The lowest BCUT2D eigenvalue weighted by atomic mass is 10.0. The molecule has 0 aromatic heterocycles. The molecule has 2 N–H and O–H groups in total. The molecule has 0 heterocycles. The van der Waals surface area contributed by atoms with Crippen LogP contribution in [-0.4, -0.2) is 18.9 Å². The predicted octanol–water partition coefficient (Wildman–Crippen LogP) is 2.92. The van der Waals surface area contributed by atoms with Crippen molar-refractivity contribution in [2.45, 2.75) is 12.8 Å². The first-order valence-corrected chi connectivity index (χ1v) is 7.85. The topological polar surface area (TPSA) is 91.2 Å². The van der Waals surface area contributed by atoms with Crippen molar-refractivity contribution in [2.24, 2.45) is 5.41 Å². The van der Waals surface area contributed by atoms with E-state index in [1.165, 1.54) is 7.11 Å². The van der Waals surface area contributed by atoms with E-state index in [2.05, 4.69) is 10.6 Å². The summed E-state index contributed by atoms with van der Waals surface area (Å²) in [6, 6.07) is 15.7. The van der Waals surface area contributed by atoms with E-state index in [0.717, 1.165) is 0 Å². The number of hydrogen-bond donors (Lipinski definition) is 2. The van der Waals surface area contributed by atoms with Gasteiger partial charge in [-0.2, -0.15) is 5.26 Å². The average Bonchev–Trinajstić information content (AvgIpc) is 3.44. The molecule has 1 saturated carbocycles. The summed E-state index contributed by atoms with van der Waals surface area (Å²) in [7, 11) is 1.52. The molecule has 2 aromatic rings. The second-order valence-corrected chi connectivity index (χ2v) is 5.88. The van der Waals surface area contributed by atoms with Gasteiger partial charge in [0.2, 0.25) is 11.8 Å². The molecule has 1 aliphatic rings. The zero-order valence-corrected chi connectivity index (χ0v) is 13.7. The summed E-state index contributed by atoms with van der Waals surface area (Å²) in [6.07, 6.45) is 0.968. The van der Waals surface area contributed by atoms with Gasteiger partial charge in [-0.1, -0.05) is 18.2 Å². The van der Waals surface area contributed by atoms with Gasteiger partial charge in [-0.05, 0) is 43.2 Å². The highest BCUT2D eigenvalue weighted by atomic mass is 16.5. The molecule has 0 aliphatic heterocycles. The van der Waals surface area contributed by atoms with Gasteiger partial charge in [0.25, 0.3) is 0 Å². The Balaban J connectivity index is 1.73. The van der Waals surface area contributed by atoms with Crippen molar-refractivity contribution in [3.63, 3.8) is 0 Å². The minimum atomic E-state index is -1.08. The van der Waals surface area contributed by atoms with E-state index < -0.39 is 5.41 Å². The maximum atomic E-state index is 12.6. The van der Waals surface area contributed by atoms with E-state index in [1.807, 2.05) is 6.07 Å². The van der Waals surface area contributed by atoms with Crippen LogP contribution in [0.5, 0.6) is 5.75 Å². The van der Waals surface area contributed by atoms with Gasteiger partial charge < -0.3 is 15.4 Å². The first-order valence-electron chi connectivity index (χ1n) is 7.85. The normalized spacial score (nSPS) is 14.1. The molecule has 0 unspecified atom stereocenters. The number of ether oxygens (including phenoxy) is 1. The van der Waals surface area contributed by atoms with Crippen LogP contribution >= 0.6 is 0 Å². The maximum Gasteiger partial charge on any atom is 0.240 e. The molecule has 6 nitrogen and oxygen atoms in total. The Kier molecular flexibility index (Phi) is 4.40. The highest BCUT2D eigenvalue weighted by Gasteiger charge is 2.56. The van der Waals surface area contributed by atoms with Crippen LogP contribution in [0, 0.1) is 16.7 Å². The minimum absolute atomic E-state index is 0.356. The van der Waals surface area contributed by atoms with Crippen LogP contribution in [0.4, 0.5) is 11.4 Å². The second-order valence-electron chi connectivity index (χ2n) is 5.88. The number of para-hydroxylation sites is 2. The van der Waals surface area contributed by atoms with Crippen LogP contribution in [0.2, 0.25) is 0 Å². The number of benzene rings is 2. The number of carbonyl (C=O) groups is 2. The number of nitrogens with one attached hydrogen (secondary N) is 2. The number of rotatable bonds is 5. The first kappa shape index (κ1) is 16.5. The van der Waals surface area contributed by atoms with Gasteiger partial charge in [0.15, 0.2) is 0 Å². The summed E-state index contributed by atoms with van der Waals surface area (Å²) < 4.78 is 5.22.